The predicted molar refractivity (Wildman–Crippen MR) is 72.4 cm³/mol. The smallest absolute Gasteiger partial charge is 0.175 e. The molecular formula is C14H19FOS. The largest absolute Gasteiger partial charge is 0.293 e. The van der Waals surface area contributed by atoms with Gasteiger partial charge in [0, 0.05) is 5.25 Å². The molecular weight excluding hydrogens is 235 g/mol. The third-order valence-corrected chi connectivity index (χ3v) is 4.12. The fourth-order valence-corrected chi connectivity index (χ4v) is 2.49. The number of thioether (sulfide) groups is 1. The van der Waals surface area contributed by atoms with Crippen LogP contribution in [-0.4, -0.2) is 16.8 Å². The highest BCUT2D eigenvalue weighted by Crippen LogP contribution is 2.20. The summed E-state index contributed by atoms with van der Waals surface area (Å²) in [5, 5.41) is 0.438. The van der Waals surface area contributed by atoms with Crippen molar-refractivity contribution in [1.82, 2.24) is 0 Å². The monoisotopic (exact) mass is 254 g/mol. The second kappa shape index (κ2) is 6.20. The zero-order valence-corrected chi connectivity index (χ0v) is 11.7. The van der Waals surface area contributed by atoms with E-state index >= 15 is 0 Å². The molecule has 0 aromatic heterocycles. The van der Waals surface area contributed by atoms with Gasteiger partial charge in [0.1, 0.15) is 5.82 Å². The minimum absolute atomic E-state index is 0.106. The Kier molecular flexibility index (Phi) is 5.19. The van der Waals surface area contributed by atoms with E-state index in [1.165, 1.54) is 6.07 Å². The van der Waals surface area contributed by atoms with Crippen molar-refractivity contribution < 1.29 is 9.18 Å². The van der Waals surface area contributed by atoms with Crippen molar-refractivity contribution in [3.63, 3.8) is 0 Å². The Bertz CT molecular complexity index is 392. The van der Waals surface area contributed by atoms with E-state index in [-0.39, 0.29) is 11.3 Å². The first-order valence-electron chi connectivity index (χ1n) is 5.87. The number of halogens is 1. The number of aryl methyl sites for hydroxylation is 2. The molecule has 0 aliphatic carbocycles. The van der Waals surface area contributed by atoms with Crippen molar-refractivity contribution in [3.8, 4) is 0 Å². The fourth-order valence-electron chi connectivity index (χ4n) is 1.68. The van der Waals surface area contributed by atoms with Gasteiger partial charge >= 0.3 is 0 Å². The van der Waals surface area contributed by atoms with Crippen molar-refractivity contribution in [3.05, 3.63) is 34.6 Å². The van der Waals surface area contributed by atoms with Crippen molar-refractivity contribution in [2.75, 3.05) is 5.75 Å². The SMILES string of the molecule is CCC(C)SCC(=O)c1c(C)cc(C)cc1F. The molecule has 0 saturated carbocycles. The second-order valence-electron chi connectivity index (χ2n) is 4.39. The molecule has 17 heavy (non-hydrogen) atoms. The molecule has 0 aliphatic heterocycles. The summed E-state index contributed by atoms with van der Waals surface area (Å²) in [6.07, 6.45) is 1.02. The number of Topliss-reactive ketones (excluding diaryl/α,β-unsaturated/α-hetero) is 1. The third kappa shape index (κ3) is 3.84. The molecule has 0 saturated heterocycles. The molecule has 0 aliphatic rings. The van der Waals surface area contributed by atoms with Gasteiger partial charge in [-0.2, -0.15) is 11.8 Å². The van der Waals surface area contributed by atoms with Crippen LogP contribution in [0.4, 0.5) is 4.39 Å². The van der Waals surface area contributed by atoms with Gasteiger partial charge in [-0.05, 0) is 37.5 Å². The maximum Gasteiger partial charge on any atom is 0.175 e. The summed E-state index contributed by atoms with van der Waals surface area (Å²) >= 11 is 1.58. The first kappa shape index (κ1) is 14.2. The van der Waals surface area contributed by atoms with Gasteiger partial charge in [-0.3, -0.25) is 4.79 Å². The standard InChI is InChI=1S/C14H19FOS/c1-5-11(4)17-8-13(16)14-10(3)6-9(2)7-12(14)15/h6-7,11H,5,8H2,1-4H3. The van der Waals surface area contributed by atoms with E-state index in [2.05, 4.69) is 13.8 Å². The molecule has 0 bridgehead atoms. The van der Waals surface area contributed by atoms with Gasteiger partial charge < -0.3 is 0 Å². The van der Waals surface area contributed by atoms with Crippen LogP contribution in [0.1, 0.15) is 41.8 Å². The number of hydrogen-bond acceptors (Lipinski definition) is 2. The van der Waals surface area contributed by atoms with Crippen molar-refractivity contribution in [1.29, 1.82) is 0 Å². The number of carbonyl (C=O) groups excluding carboxylic acids is 1. The predicted octanol–water partition coefficient (Wildman–Crippen LogP) is 4.16. The molecule has 0 radical (unpaired) electrons. The van der Waals surface area contributed by atoms with Crippen molar-refractivity contribution in [2.45, 2.75) is 39.4 Å². The lowest BCUT2D eigenvalue weighted by molar-refractivity contribution is 0.101. The van der Waals surface area contributed by atoms with Crippen LogP contribution in [0.3, 0.4) is 0 Å². The Morgan fingerprint density at radius 3 is 2.59 bits per heavy atom. The van der Waals surface area contributed by atoms with Gasteiger partial charge in [-0.25, -0.2) is 4.39 Å². The average Bonchev–Trinajstić information content (AvgIpc) is 2.24. The van der Waals surface area contributed by atoms with Crippen LogP contribution in [0.15, 0.2) is 12.1 Å². The number of rotatable bonds is 5. The molecule has 1 aromatic carbocycles. The van der Waals surface area contributed by atoms with Gasteiger partial charge in [-0.1, -0.05) is 19.9 Å². The fraction of sp³-hybridized carbons (Fsp3) is 0.500. The molecule has 1 atom stereocenters. The summed E-state index contributed by atoms with van der Waals surface area (Å²) < 4.78 is 13.7. The molecule has 0 spiro atoms. The summed E-state index contributed by atoms with van der Waals surface area (Å²) in [4.78, 5) is 12.0. The Morgan fingerprint density at radius 1 is 1.41 bits per heavy atom. The lowest BCUT2D eigenvalue weighted by Crippen LogP contribution is -2.10. The molecule has 0 fully saturated rings. The van der Waals surface area contributed by atoms with Gasteiger partial charge in [0.05, 0.1) is 11.3 Å². The summed E-state index contributed by atoms with van der Waals surface area (Å²) in [6, 6.07) is 3.28. The lowest BCUT2D eigenvalue weighted by atomic mass is 10.0. The molecule has 1 rings (SSSR count). The Morgan fingerprint density at radius 2 is 2.06 bits per heavy atom. The van der Waals surface area contributed by atoms with Gasteiger partial charge in [0.15, 0.2) is 5.78 Å². The molecule has 94 valence electrons. The average molecular weight is 254 g/mol. The van der Waals surface area contributed by atoms with Crippen LogP contribution in [0.5, 0.6) is 0 Å². The minimum atomic E-state index is -0.391. The zero-order chi connectivity index (χ0) is 13.0. The van der Waals surface area contributed by atoms with Gasteiger partial charge in [0.25, 0.3) is 0 Å². The Hall–Kier alpha value is -0.830. The van der Waals surface area contributed by atoms with Crippen LogP contribution < -0.4 is 0 Å². The van der Waals surface area contributed by atoms with Crippen LogP contribution in [0, 0.1) is 19.7 Å². The highest BCUT2D eigenvalue weighted by Gasteiger charge is 2.16. The maximum atomic E-state index is 13.7. The van der Waals surface area contributed by atoms with E-state index in [9.17, 15) is 9.18 Å². The second-order valence-corrected chi connectivity index (χ2v) is 5.82. The molecule has 1 unspecified atom stereocenters. The highest BCUT2D eigenvalue weighted by atomic mass is 32.2. The van der Waals surface area contributed by atoms with E-state index in [0.29, 0.717) is 11.0 Å². The van der Waals surface area contributed by atoms with Crippen LogP contribution in [0.2, 0.25) is 0 Å². The first-order valence-corrected chi connectivity index (χ1v) is 6.92. The maximum absolute atomic E-state index is 13.7. The Labute approximate surface area is 107 Å². The van der Waals surface area contributed by atoms with E-state index in [4.69, 9.17) is 0 Å². The summed E-state index contributed by atoms with van der Waals surface area (Å²) in [5.74, 6) is -0.141. The molecule has 1 aromatic rings. The third-order valence-electron chi connectivity index (χ3n) is 2.78. The van der Waals surface area contributed by atoms with E-state index in [1.54, 1.807) is 18.7 Å². The van der Waals surface area contributed by atoms with Crippen LogP contribution >= 0.6 is 11.8 Å². The normalized spacial score (nSPS) is 12.5. The quantitative estimate of drug-likeness (QED) is 0.734. The summed E-state index contributed by atoms with van der Waals surface area (Å²) in [7, 11) is 0. The minimum Gasteiger partial charge on any atom is -0.293 e. The van der Waals surface area contributed by atoms with Crippen LogP contribution in [0.25, 0.3) is 0 Å². The first-order chi connectivity index (χ1) is 7.95. The van der Waals surface area contributed by atoms with Gasteiger partial charge in [-0.15, -0.1) is 0 Å². The zero-order valence-electron chi connectivity index (χ0n) is 10.8. The lowest BCUT2D eigenvalue weighted by Gasteiger charge is -2.10. The van der Waals surface area contributed by atoms with E-state index < -0.39 is 5.82 Å². The Balaban J connectivity index is 2.82. The van der Waals surface area contributed by atoms with E-state index in [1.807, 2.05) is 13.0 Å². The number of hydrogen-bond donors (Lipinski definition) is 0. The highest BCUT2D eigenvalue weighted by molar-refractivity contribution is 8.00. The molecule has 1 nitrogen and oxygen atoms in total. The number of ketones is 1. The topological polar surface area (TPSA) is 17.1 Å². The number of benzene rings is 1. The summed E-state index contributed by atoms with van der Waals surface area (Å²) in [6.45, 7) is 7.78. The van der Waals surface area contributed by atoms with Gasteiger partial charge in [0.2, 0.25) is 0 Å². The van der Waals surface area contributed by atoms with Crippen molar-refractivity contribution >= 4 is 17.5 Å². The molecule has 0 amide bonds. The summed E-state index contributed by atoms with van der Waals surface area (Å²) in [5.41, 5.74) is 1.84. The van der Waals surface area contributed by atoms with Crippen molar-refractivity contribution in [2.24, 2.45) is 0 Å². The molecule has 3 heteroatoms. The molecule has 0 heterocycles. The number of carbonyl (C=O) groups is 1. The van der Waals surface area contributed by atoms with Crippen LogP contribution in [-0.2, 0) is 0 Å². The van der Waals surface area contributed by atoms with E-state index in [0.717, 1.165) is 17.5 Å². The molecule has 0 N–H and O–H groups in total.